The van der Waals surface area contributed by atoms with Gasteiger partial charge < -0.3 is 30.2 Å². The van der Waals surface area contributed by atoms with Crippen LogP contribution in [0.5, 0.6) is 5.75 Å². The second kappa shape index (κ2) is 16.0. The fourth-order valence-corrected chi connectivity index (χ4v) is 9.27. The predicted octanol–water partition coefficient (Wildman–Crippen LogP) is 6.69. The molecule has 2 aliphatic rings. The highest BCUT2D eigenvalue weighted by Gasteiger charge is 2.28. The Hall–Kier alpha value is -4.82. The zero-order valence-corrected chi connectivity index (χ0v) is 34.9. The molecule has 3 N–H and O–H groups in total. The van der Waals surface area contributed by atoms with Gasteiger partial charge in [-0.2, -0.15) is 15.2 Å². The first kappa shape index (κ1) is 38.1. The molecule has 0 aliphatic carbocycles. The fraction of sp³-hybridized carbons (Fsp3) is 0.375. The van der Waals surface area contributed by atoms with Crippen LogP contribution >= 0.6 is 23.1 Å². The van der Waals surface area contributed by atoms with Gasteiger partial charge in [-0.25, -0.2) is 14.6 Å². The van der Waals surface area contributed by atoms with E-state index in [-0.39, 0.29) is 0 Å². The lowest BCUT2D eigenvalue weighted by molar-refractivity contribution is 0.150. The minimum absolute atomic E-state index is 0.371. The van der Waals surface area contributed by atoms with Crippen molar-refractivity contribution in [2.75, 3.05) is 75.2 Å². The zero-order valence-electron chi connectivity index (χ0n) is 32.5. The number of aromatic nitrogens is 7. The minimum Gasteiger partial charge on any atom is -0.494 e. The van der Waals surface area contributed by atoms with Crippen LogP contribution in [0.15, 0.2) is 71.7 Å². The van der Waals surface area contributed by atoms with Gasteiger partial charge in [0.15, 0.2) is 5.65 Å². The van der Waals surface area contributed by atoms with Gasteiger partial charge in [-0.05, 0) is 79.4 Å². The summed E-state index contributed by atoms with van der Waals surface area (Å²) >= 11 is 3.64. The van der Waals surface area contributed by atoms with E-state index in [4.69, 9.17) is 14.8 Å². The number of methoxy groups -OCH3 is 1. The van der Waals surface area contributed by atoms with Crippen LogP contribution in [0.25, 0.3) is 33.4 Å². The Bertz CT molecular complexity index is 2410. The summed E-state index contributed by atoms with van der Waals surface area (Å²) in [5.74, 6) is 1.57. The monoisotopic (exact) mass is 838 g/mol. The Labute approximate surface area is 335 Å². The molecule has 0 unspecified atom stereocenters. The molecule has 0 atom stereocenters. The van der Waals surface area contributed by atoms with E-state index in [2.05, 4.69) is 82.0 Å². The molecule has 2 aliphatic heterocycles. The normalized spacial score (nSPS) is 15.7. The van der Waals surface area contributed by atoms with Gasteiger partial charge in [0, 0.05) is 117 Å². The second-order valence-corrected chi connectivity index (χ2v) is 18.8. The van der Waals surface area contributed by atoms with Gasteiger partial charge in [0.05, 0.1) is 29.2 Å². The number of nitrogens with zero attached hydrogens (tertiary/aromatic N) is 9. The number of ether oxygens (including phenoxy) is 1. The van der Waals surface area contributed by atoms with Crippen molar-refractivity contribution in [3.8, 4) is 28.1 Å². The van der Waals surface area contributed by atoms with Crippen molar-refractivity contribution >= 4 is 68.2 Å². The molecule has 56 heavy (non-hydrogen) atoms. The SMILES string of the molecule is CCn1cc(-c2cc(Nc3ncc(Br)c(Nc4ccc(-c5nn(C)c6ncccc56)cc4P(C)(C)=O)n3)c(OC)cc2N2CCC(N3CCNCC3)CC2)cn1. The predicted molar refractivity (Wildman–Crippen MR) is 229 cm³/mol. The molecular weight excluding hydrogens is 791 g/mol. The molecule has 14 nitrogen and oxygen atoms in total. The van der Waals surface area contributed by atoms with E-state index in [9.17, 15) is 4.57 Å². The third kappa shape index (κ3) is 7.77. The van der Waals surface area contributed by atoms with Crippen LogP contribution in [-0.4, -0.2) is 105 Å². The summed E-state index contributed by atoms with van der Waals surface area (Å²) < 4.78 is 24.2. The van der Waals surface area contributed by atoms with Gasteiger partial charge in [0.25, 0.3) is 0 Å². The molecule has 292 valence electrons. The number of fused-ring (bicyclic) bond motifs is 1. The molecule has 0 saturated carbocycles. The summed E-state index contributed by atoms with van der Waals surface area (Å²) in [4.78, 5) is 19.1. The number of nitrogens with one attached hydrogen (secondary N) is 3. The Morgan fingerprint density at radius 1 is 0.982 bits per heavy atom. The topological polar surface area (TPSA) is 143 Å². The number of piperazine rings is 1. The van der Waals surface area contributed by atoms with E-state index in [1.165, 1.54) is 0 Å². The summed E-state index contributed by atoms with van der Waals surface area (Å²) in [6, 6.07) is 14.6. The van der Waals surface area contributed by atoms with Crippen molar-refractivity contribution in [1.82, 2.24) is 44.7 Å². The largest absolute Gasteiger partial charge is 0.494 e. The Morgan fingerprint density at radius 2 is 1.79 bits per heavy atom. The van der Waals surface area contributed by atoms with Gasteiger partial charge in [-0.15, -0.1) is 0 Å². The molecule has 2 saturated heterocycles. The number of aryl methyl sites for hydroxylation is 2. The number of pyridine rings is 1. The first-order chi connectivity index (χ1) is 27.1. The average molecular weight is 840 g/mol. The summed E-state index contributed by atoms with van der Waals surface area (Å²) in [6.07, 6.45) is 9.72. The maximum absolute atomic E-state index is 13.8. The number of hydrogen-bond acceptors (Lipinski definition) is 12. The van der Waals surface area contributed by atoms with Gasteiger partial charge in [0.2, 0.25) is 5.95 Å². The molecule has 6 heterocycles. The molecule has 2 fully saturated rings. The van der Waals surface area contributed by atoms with Crippen molar-refractivity contribution < 1.29 is 9.30 Å². The van der Waals surface area contributed by atoms with E-state index in [0.29, 0.717) is 39.0 Å². The fourth-order valence-electron chi connectivity index (χ4n) is 7.82. The van der Waals surface area contributed by atoms with Crippen molar-refractivity contribution in [2.45, 2.75) is 32.4 Å². The van der Waals surface area contributed by atoms with Gasteiger partial charge in [0.1, 0.15) is 24.4 Å². The molecule has 0 amide bonds. The number of halogens is 1. The van der Waals surface area contributed by atoms with E-state index < -0.39 is 7.14 Å². The highest BCUT2D eigenvalue weighted by Crippen LogP contribution is 2.43. The molecule has 2 aromatic carbocycles. The number of benzene rings is 2. The maximum atomic E-state index is 13.8. The van der Waals surface area contributed by atoms with Crippen molar-refractivity contribution in [2.24, 2.45) is 7.05 Å². The van der Waals surface area contributed by atoms with Crippen molar-refractivity contribution in [3.63, 3.8) is 0 Å². The highest BCUT2D eigenvalue weighted by atomic mass is 79.9. The van der Waals surface area contributed by atoms with Crippen LogP contribution < -0.4 is 30.9 Å². The number of rotatable bonds is 11. The lowest BCUT2D eigenvalue weighted by Crippen LogP contribution is -2.52. The van der Waals surface area contributed by atoms with Crippen LogP contribution in [0.3, 0.4) is 0 Å². The molecule has 0 spiro atoms. The molecule has 0 bridgehead atoms. The van der Waals surface area contributed by atoms with Gasteiger partial charge in [-0.3, -0.25) is 9.58 Å². The lowest BCUT2D eigenvalue weighted by atomic mass is 9.98. The van der Waals surface area contributed by atoms with Gasteiger partial charge >= 0.3 is 0 Å². The van der Waals surface area contributed by atoms with Gasteiger partial charge in [-0.1, -0.05) is 6.07 Å². The molecular formula is C40H48BrN12O2P. The quantitative estimate of drug-likeness (QED) is 0.120. The zero-order chi connectivity index (χ0) is 39.0. The van der Waals surface area contributed by atoms with Crippen LogP contribution in [0.4, 0.5) is 28.8 Å². The summed E-state index contributed by atoms with van der Waals surface area (Å²) in [5.41, 5.74) is 7.06. The maximum Gasteiger partial charge on any atom is 0.229 e. The molecule has 0 radical (unpaired) electrons. The van der Waals surface area contributed by atoms with E-state index in [1.54, 1.807) is 37.5 Å². The second-order valence-electron chi connectivity index (χ2n) is 14.7. The number of hydrogen-bond donors (Lipinski definition) is 3. The Balaban J connectivity index is 1.09. The smallest absolute Gasteiger partial charge is 0.229 e. The van der Waals surface area contributed by atoms with E-state index in [1.807, 2.05) is 48.3 Å². The van der Waals surface area contributed by atoms with E-state index >= 15 is 0 Å². The molecule has 16 heteroatoms. The summed E-state index contributed by atoms with van der Waals surface area (Å²) in [7, 11) is 0.797. The minimum atomic E-state index is -2.77. The highest BCUT2D eigenvalue weighted by molar-refractivity contribution is 9.10. The van der Waals surface area contributed by atoms with Crippen molar-refractivity contribution in [3.05, 3.63) is 71.7 Å². The number of piperidine rings is 1. The van der Waals surface area contributed by atoms with Crippen molar-refractivity contribution in [1.29, 1.82) is 0 Å². The first-order valence-electron chi connectivity index (χ1n) is 19.1. The van der Waals surface area contributed by atoms with Crippen LogP contribution in [-0.2, 0) is 18.2 Å². The molecule has 6 aromatic rings. The Morgan fingerprint density at radius 3 is 2.52 bits per heavy atom. The lowest BCUT2D eigenvalue weighted by Gasteiger charge is -2.41. The van der Waals surface area contributed by atoms with Crippen LogP contribution in [0.2, 0.25) is 0 Å². The average Bonchev–Trinajstić information content (AvgIpc) is 3.84. The van der Waals surface area contributed by atoms with Crippen LogP contribution in [0.1, 0.15) is 19.8 Å². The summed E-state index contributed by atoms with van der Waals surface area (Å²) in [5, 5.41) is 21.4. The Kier molecular flexibility index (Phi) is 10.9. The first-order valence-corrected chi connectivity index (χ1v) is 22.5. The van der Waals surface area contributed by atoms with E-state index in [0.717, 1.165) is 103 Å². The third-order valence-electron chi connectivity index (χ3n) is 10.8. The standard InChI is InChI=1S/C40H48BrN12O2P/c1-6-53-25-27(23-45-53)30-21-33(35(55-3)22-34(30)52-16-11-28(12-17-52)51-18-14-42-15-19-51)47-40-44-24-31(41)38(48-40)46-32-10-9-26(20-36(32)56(4,5)54)37-29-8-7-13-43-39(29)50(2)49-37/h7-10,13,20-25,28,42H,6,11-12,14-19H2,1-5H3,(H2,44,46,47,48). The third-order valence-corrected chi connectivity index (χ3v) is 12.9. The number of anilines is 5. The molecule has 4 aromatic heterocycles. The van der Waals surface area contributed by atoms with Crippen LogP contribution in [0, 0.1) is 0 Å². The summed E-state index contributed by atoms with van der Waals surface area (Å²) in [6.45, 7) is 12.7. The molecule has 8 rings (SSSR count).